The monoisotopic (exact) mass is 430 g/mol. The predicted octanol–water partition coefficient (Wildman–Crippen LogP) is 2.91. The van der Waals surface area contributed by atoms with E-state index < -0.39 is 0 Å². The van der Waals surface area contributed by atoms with Gasteiger partial charge >= 0.3 is 6.03 Å². The van der Waals surface area contributed by atoms with Crippen molar-refractivity contribution in [2.24, 2.45) is 0 Å². The first-order chi connectivity index (χ1) is 15.7. The van der Waals surface area contributed by atoms with Crippen molar-refractivity contribution in [3.63, 3.8) is 0 Å². The maximum absolute atomic E-state index is 13.5. The van der Waals surface area contributed by atoms with Gasteiger partial charge in [-0.1, -0.05) is 18.2 Å². The Bertz CT molecular complexity index is 1080. The van der Waals surface area contributed by atoms with Crippen LogP contribution in [0.5, 0.6) is 0 Å². The molecule has 164 valence electrons. The molecular weight excluding hydrogens is 404 g/mol. The number of hydrogen-bond acceptors (Lipinski definition) is 4. The Kier molecular flexibility index (Phi) is 5.58. The molecule has 0 aliphatic carbocycles. The fourth-order valence-electron chi connectivity index (χ4n) is 4.34. The molecule has 32 heavy (non-hydrogen) atoms. The van der Waals surface area contributed by atoms with Crippen LogP contribution in [-0.2, 0) is 0 Å². The van der Waals surface area contributed by atoms with Crippen molar-refractivity contribution in [2.45, 2.75) is 12.8 Å². The van der Waals surface area contributed by atoms with Crippen molar-refractivity contribution in [1.82, 2.24) is 29.5 Å². The zero-order chi connectivity index (χ0) is 21.9. The third kappa shape index (κ3) is 3.95. The number of likely N-dealkylation sites (tertiary alicyclic amines) is 1. The number of nitrogens with zero attached hydrogens (tertiary/aromatic N) is 6. The maximum atomic E-state index is 13.5. The summed E-state index contributed by atoms with van der Waals surface area (Å²) in [6.07, 6.45) is 7.37. The molecule has 2 aliphatic heterocycles. The predicted molar refractivity (Wildman–Crippen MR) is 120 cm³/mol. The number of carbonyl (C=O) groups excluding carboxylic acids is 2. The van der Waals surface area contributed by atoms with E-state index in [1.54, 1.807) is 23.3 Å². The summed E-state index contributed by atoms with van der Waals surface area (Å²) in [5, 5.41) is 4.72. The summed E-state index contributed by atoms with van der Waals surface area (Å²) in [7, 11) is 0. The van der Waals surface area contributed by atoms with Crippen LogP contribution in [0.2, 0.25) is 0 Å². The summed E-state index contributed by atoms with van der Waals surface area (Å²) in [5.41, 5.74) is 2.84. The van der Waals surface area contributed by atoms with Gasteiger partial charge in [-0.2, -0.15) is 5.10 Å². The van der Waals surface area contributed by atoms with Gasteiger partial charge in [-0.25, -0.2) is 9.48 Å². The van der Waals surface area contributed by atoms with Crippen LogP contribution in [0.1, 0.15) is 23.2 Å². The van der Waals surface area contributed by atoms with E-state index in [0.717, 1.165) is 37.2 Å². The van der Waals surface area contributed by atoms with Crippen molar-refractivity contribution < 1.29 is 9.59 Å². The van der Waals surface area contributed by atoms with Gasteiger partial charge in [0, 0.05) is 63.4 Å². The number of urea groups is 1. The minimum absolute atomic E-state index is 0.0701. The second-order valence-electron chi connectivity index (χ2n) is 8.17. The Labute approximate surface area is 187 Å². The van der Waals surface area contributed by atoms with Crippen molar-refractivity contribution in [3.05, 3.63) is 66.6 Å². The molecule has 1 aromatic carbocycles. The van der Waals surface area contributed by atoms with Gasteiger partial charge in [0.15, 0.2) is 0 Å². The normalized spacial score (nSPS) is 16.4. The van der Waals surface area contributed by atoms with Crippen LogP contribution in [0.4, 0.5) is 4.79 Å². The molecule has 0 unspecified atom stereocenters. The fourth-order valence-corrected chi connectivity index (χ4v) is 4.34. The first-order valence-electron chi connectivity index (χ1n) is 11.1. The number of aromatic nitrogens is 3. The van der Waals surface area contributed by atoms with Gasteiger partial charge < -0.3 is 14.7 Å². The van der Waals surface area contributed by atoms with Crippen LogP contribution in [0, 0.1) is 0 Å². The number of pyridine rings is 1. The molecule has 5 rings (SSSR count). The molecule has 4 heterocycles. The van der Waals surface area contributed by atoms with Crippen molar-refractivity contribution in [3.8, 4) is 16.9 Å². The molecule has 2 aliphatic rings. The minimum Gasteiger partial charge on any atom is -0.335 e. The zero-order valence-electron chi connectivity index (χ0n) is 17.9. The summed E-state index contributed by atoms with van der Waals surface area (Å²) in [6.45, 7) is 3.81. The second-order valence-corrected chi connectivity index (χ2v) is 8.17. The van der Waals surface area contributed by atoms with Gasteiger partial charge in [-0.3, -0.25) is 9.78 Å². The van der Waals surface area contributed by atoms with E-state index in [2.05, 4.69) is 4.98 Å². The van der Waals surface area contributed by atoms with Crippen molar-refractivity contribution >= 4 is 11.9 Å². The third-order valence-corrected chi connectivity index (χ3v) is 6.11. The number of rotatable bonds is 3. The summed E-state index contributed by atoms with van der Waals surface area (Å²) in [5.74, 6) is -0.0701. The van der Waals surface area contributed by atoms with E-state index in [1.165, 1.54) is 0 Å². The highest BCUT2D eigenvalue weighted by Gasteiger charge is 2.30. The maximum Gasteiger partial charge on any atom is 0.320 e. The van der Waals surface area contributed by atoms with Crippen LogP contribution in [0.3, 0.4) is 0 Å². The average molecular weight is 431 g/mol. The minimum atomic E-state index is -0.0701. The average Bonchev–Trinajstić information content (AvgIpc) is 3.55. The topological polar surface area (TPSA) is 74.6 Å². The lowest BCUT2D eigenvalue weighted by Gasteiger charge is -2.36. The van der Waals surface area contributed by atoms with E-state index in [0.29, 0.717) is 37.4 Å². The summed E-state index contributed by atoms with van der Waals surface area (Å²) in [6, 6.07) is 13.6. The molecule has 0 N–H and O–H groups in total. The Morgan fingerprint density at radius 3 is 2.16 bits per heavy atom. The first kappa shape index (κ1) is 20.2. The lowest BCUT2D eigenvalue weighted by Crippen LogP contribution is -2.53. The zero-order valence-corrected chi connectivity index (χ0v) is 17.9. The fraction of sp³-hybridized carbons (Fsp3) is 0.333. The molecule has 3 aromatic rings. The number of benzene rings is 1. The number of para-hydroxylation sites is 1. The van der Waals surface area contributed by atoms with E-state index in [1.807, 2.05) is 57.2 Å². The van der Waals surface area contributed by atoms with Crippen LogP contribution in [0.25, 0.3) is 16.9 Å². The highest BCUT2D eigenvalue weighted by Crippen LogP contribution is 2.25. The molecule has 0 saturated carbocycles. The van der Waals surface area contributed by atoms with Gasteiger partial charge in [0.25, 0.3) is 5.91 Å². The molecule has 3 amide bonds. The standard InChI is InChI=1S/C24H26N6O2/c31-23(27-13-15-29(16-14-27)24(32)28-11-4-5-12-28)21-18-30(20-8-2-1-3-9-20)26-22(21)19-7-6-10-25-17-19/h1-3,6-10,17-18H,4-5,11-16H2. The van der Waals surface area contributed by atoms with E-state index in [9.17, 15) is 9.59 Å². The van der Waals surface area contributed by atoms with Crippen LogP contribution in [0.15, 0.2) is 61.1 Å². The smallest absolute Gasteiger partial charge is 0.320 e. The lowest BCUT2D eigenvalue weighted by atomic mass is 10.1. The molecule has 0 spiro atoms. The molecule has 2 fully saturated rings. The molecule has 8 heteroatoms. The quantitative estimate of drug-likeness (QED) is 0.640. The Balaban J connectivity index is 1.37. The largest absolute Gasteiger partial charge is 0.335 e. The molecular formula is C24H26N6O2. The van der Waals surface area contributed by atoms with Gasteiger partial charge in [0.1, 0.15) is 5.69 Å². The first-order valence-corrected chi connectivity index (χ1v) is 11.1. The molecule has 0 atom stereocenters. The number of hydrogen-bond donors (Lipinski definition) is 0. The van der Waals surface area contributed by atoms with Gasteiger partial charge in [-0.15, -0.1) is 0 Å². The van der Waals surface area contributed by atoms with E-state index >= 15 is 0 Å². The Hall–Kier alpha value is -3.68. The van der Waals surface area contributed by atoms with E-state index in [4.69, 9.17) is 5.10 Å². The van der Waals surface area contributed by atoms with Gasteiger partial charge in [0.05, 0.1) is 11.3 Å². The van der Waals surface area contributed by atoms with Crippen LogP contribution in [-0.4, -0.2) is 80.7 Å². The van der Waals surface area contributed by atoms with Gasteiger partial charge in [-0.05, 0) is 37.1 Å². The van der Waals surface area contributed by atoms with Crippen molar-refractivity contribution in [1.29, 1.82) is 0 Å². The molecule has 0 radical (unpaired) electrons. The Morgan fingerprint density at radius 1 is 0.781 bits per heavy atom. The summed E-state index contributed by atoms with van der Waals surface area (Å²) in [4.78, 5) is 36.0. The highest BCUT2D eigenvalue weighted by molar-refractivity contribution is 6.00. The summed E-state index contributed by atoms with van der Waals surface area (Å²) >= 11 is 0. The molecule has 2 aromatic heterocycles. The van der Waals surface area contributed by atoms with Crippen LogP contribution >= 0.6 is 0 Å². The van der Waals surface area contributed by atoms with Crippen molar-refractivity contribution in [2.75, 3.05) is 39.3 Å². The third-order valence-electron chi connectivity index (χ3n) is 6.11. The van der Waals surface area contributed by atoms with Gasteiger partial charge in [0.2, 0.25) is 0 Å². The second kappa shape index (κ2) is 8.82. The molecule has 2 saturated heterocycles. The van der Waals surface area contributed by atoms with E-state index in [-0.39, 0.29) is 11.9 Å². The molecule has 0 bridgehead atoms. The number of piperazine rings is 1. The number of amides is 3. The molecule has 8 nitrogen and oxygen atoms in total. The number of carbonyl (C=O) groups is 2. The Morgan fingerprint density at radius 2 is 1.47 bits per heavy atom. The lowest BCUT2D eigenvalue weighted by molar-refractivity contribution is 0.0645. The van der Waals surface area contributed by atoms with Crippen LogP contribution < -0.4 is 0 Å². The SMILES string of the molecule is O=C(c1cn(-c2ccccc2)nc1-c1cccnc1)N1CCN(C(=O)N2CCCC2)CC1. The highest BCUT2D eigenvalue weighted by atomic mass is 16.2. The summed E-state index contributed by atoms with van der Waals surface area (Å²) < 4.78 is 1.74.